The van der Waals surface area contributed by atoms with Crippen molar-refractivity contribution >= 4 is 27.3 Å². The molecule has 1 aromatic carbocycles. The molecule has 1 N–H and O–H groups in total. The van der Waals surface area contributed by atoms with E-state index in [1.54, 1.807) is 7.05 Å². The molecule has 154 valence electrons. The minimum absolute atomic E-state index is 0.0462. The van der Waals surface area contributed by atoms with Gasteiger partial charge in [0.2, 0.25) is 15.9 Å². The average molecular weight is 436 g/mol. The third-order valence-corrected chi connectivity index (χ3v) is 6.26. The van der Waals surface area contributed by atoms with Gasteiger partial charge in [0.1, 0.15) is 5.75 Å². The predicted molar refractivity (Wildman–Crippen MR) is 98.5 cm³/mol. The molecule has 0 fully saturated rings. The topological polar surface area (TPSA) is 75.7 Å². The second-order valence-electron chi connectivity index (χ2n) is 5.94. The number of sulfonamides is 1. The summed E-state index contributed by atoms with van der Waals surface area (Å²) in [6.45, 7) is 2.26. The van der Waals surface area contributed by atoms with E-state index in [1.807, 2.05) is 18.4 Å². The maximum atomic E-state index is 12.2. The molecule has 0 radical (unpaired) electrons. The van der Waals surface area contributed by atoms with Crippen LogP contribution in [0.3, 0.4) is 0 Å². The van der Waals surface area contributed by atoms with Crippen molar-refractivity contribution in [1.29, 1.82) is 0 Å². The van der Waals surface area contributed by atoms with E-state index in [2.05, 4.69) is 9.46 Å². The van der Waals surface area contributed by atoms with Gasteiger partial charge in [0, 0.05) is 24.9 Å². The van der Waals surface area contributed by atoms with E-state index in [0.717, 1.165) is 34.7 Å². The number of nitrogens with one attached hydrogen (secondary N) is 1. The molecule has 1 amide bonds. The highest BCUT2D eigenvalue weighted by atomic mass is 32.2. The van der Waals surface area contributed by atoms with Crippen LogP contribution in [-0.4, -0.2) is 39.2 Å². The fourth-order valence-electron chi connectivity index (χ4n) is 2.26. The zero-order chi connectivity index (χ0) is 20.9. The van der Waals surface area contributed by atoms with Gasteiger partial charge in [-0.15, -0.1) is 24.5 Å². The maximum Gasteiger partial charge on any atom is 0.573 e. The monoisotopic (exact) mass is 436 g/mol. The summed E-state index contributed by atoms with van der Waals surface area (Å²) in [5.74, 6) is -0.753. The number of hydrogen-bond acceptors (Lipinski definition) is 5. The van der Waals surface area contributed by atoms with Gasteiger partial charge >= 0.3 is 6.36 Å². The smallest absolute Gasteiger partial charge is 0.406 e. The van der Waals surface area contributed by atoms with Crippen LogP contribution in [-0.2, 0) is 21.4 Å². The van der Waals surface area contributed by atoms with Gasteiger partial charge in [0.05, 0.1) is 11.4 Å². The Morgan fingerprint density at radius 1 is 1.21 bits per heavy atom. The lowest BCUT2D eigenvalue weighted by molar-refractivity contribution is -0.274. The molecule has 2 rings (SSSR count). The van der Waals surface area contributed by atoms with Crippen LogP contribution in [0.2, 0.25) is 0 Å². The summed E-state index contributed by atoms with van der Waals surface area (Å²) in [5.41, 5.74) is 1.09. The van der Waals surface area contributed by atoms with Crippen LogP contribution in [0.25, 0.3) is 0 Å². The van der Waals surface area contributed by atoms with Crippen molar-refractivity contribution < 1.29 is 31.1 Å². The van der Waals surface area contributed by atoms with Crippen molar-refractivity contribution in [1.82, 2.24) is 9.62 Å². The fourth-order valence-corrected chi connectivity index (χ4v) is 4.25. The lowest BCUT2D eigenvalue weighted by Gasteiger charge is -2.17. The number of benzene rings is 1. The minimum atomic E-state index is -4.85. The van der Waals surface area contributed by atoms with Gasteiger partial charge < -0.3 is 9.64 Å². The van der Waals surface area contributed by atoms with Crippen LogP contribution in [0.5, 0.6) is 5.75 Å². The zero-order valence-electron chi connectivity index (χ0n) is 15.1. The second kappa shape index (κ2) is 8.93. The number of carbonyl (C=O) groups excluding carboxylic acids is 1. The quantitative estimate of drug-likeness (QED) is 0.689. The van der Waals surface area contributed by atoms with E-state index in [1.165, 1.54) is 16.2 Å². The van der Waals surface area contributed by atoms with E-state index < -0.39 is 22.1 Å². The molecule has 28 heavy (non-hydrogen) atoms. The molecular weight excluding hydrogens is 417 g/mol. The third-order valence-electron chi connectivity index (χ3n) is 3.77. The molecule has 2 aromatic rings. The number of halogens is 3. The number of nitrogens with zero attached hydrogens (tertiary/aromatic N) is 1. The molecule has 1 heterocycles. The number of aryl methyl sites for hydroxylation is 1. The molecule has 0 saturated carbocycles. The molecule has 0 atom stereocenters. The van der Waals surface area contributed by atoms with Gasteiger partial charge in [-0.25, -0.2) is 13.1 Å². The molecule has 0 spiro atoms. The highest BCUT2D eigenvalue weighted by Crippen LogP contribution is 2.24. The first-order valence-electron chi connectivity index (χ1n) is 8.10. The lowest BCUT2D eigenvalue weighted by Crippen LogP contribution is -2.31. The molecule has 0 saturated heterocycles. The summed E-state index contributed by atoms with van der Waals surface area (Å²) in [5, 5.41) is 1.93. The Kier molecular flexibility index (Phi) is 7.07. The summed E-state index contributed by atoms with van der Waals surface area (Å²) < 4.78 is 66.7. The standard InChI is InChI=1S/C17H19F3N2O4S2/c1-12-8-10-27-15(12)11-22(2)16(23)7-9-21-28(24,25)14-5-3-13(4-6-14)26-17(18,19)20/h3-6,8,10,21H,7,9,11H2,1-2H3. The van der Waals surface area contributed by atoms with E-state index in [4.69, 9.17) is 0 Å². The van der Waals surface area contributed by atoms with Gasteiger partial charge in [-0.1, -0.05) is 0 Å². The van der Waals surface area contributed by atoms with Crippen LogP contribution in [0.15, 0.2) is 40.6 Å². The van der Waals surface area contributed by atoms with Crippen LogP contribution in [0.4, 0.5) is 13.2 Å². The number of amides is 1. The first kappa shape index (κ1) is 22.2. The number of alkyl halides is 3. The van der Waals surface area contributed by atoms with E-state index in [0.29, 0.717) is 6.54 Å². The minimum Gasteiger partial charge on any atom is -0.406 e. The molecule has 0 aliphatic carbocycles. The molecule has 0 aliphatic heterocycles. The highest BCUT2D eigenvalue weighted by Gasteiger charge is 2.31. The molecule has 0 aliphatic rings. The first-order chi connectivity index (χ1) is 13.0. The molecule has 11 heteroatoms. The zero-order valence-corrected chi connectivity index (χ0v) is 16.7. The van der Waals surface area contributed by atoms with Crippen LogP contribution in [0, 0.1) is 6.92 Å². The number of rotatable bonds is 8. The van der Waals surface area contributed by atoms with Crippen LogP contribution >= 0.6 is 11.3 Å². The van der Waals surface area contributed by atoms with E-state index in [-0.39, 0.29) is 23.8 Å². The Morgan fingerprint density at radius 3 is 2.39 bits per heavy atom. The van der Waals surface area contributed by atoms with Gasteiger partial charge in [0.15, 0.2) is 0 Å². The van der Waals surface area contributed by atoms with Gasteiger partial charge in [0.25, 0.3) is 0 Å². The number of hydrogen-bond donors (Lipinski definition) is 1. The largest absolute Gasteiger partial charge is 0.573 e. The van der Waals surface area contributed by atoms with Gasteiger partial charge in [-0.2, -0.15) is 0 Å². The Balaban J connectivity index is 1.87. The lowest BCUT2D eigenvalue weighted by atomic mass is 10.2. The van der Waals surface area contributed by atoms with E-state index >= 15 is 0 Å². The Hall–Kier alpha value is -2.11. The van der Waals surface area contributed by atoms with Gasteiger partial charge in [-0.05, 0) is 48.2 Å². The average Bonchev–Trinajstić information content (AvgIpc) is 2.98. The van der Waals surface area contributed by atoms with E-state index in [9.17, 15) is 26.4 Å². The van der Waals surface area contributed by atoms with Crippen LogP contribution < -0.4 is 9.46 Å². The molecular formula is C17H19F3N2O4S2. The van der Waals surface area contributed by atoms with Crippen molar-refractivity contribution in [3.05, 3.63) is 46.2 Å². The van der Waals surface area contributed by atoms with Crippen molar-refractivity contribution in [2.45, 2.75) is 31.1 Å². The Labute approximate surface area is 165 Å². The predicted octanol–water partition coefficient (Wildman–Crippen LogP) is 3.28. The third kappa shape index (κ3) is 6.50. The SMILES string of the molecule is Cc1ccsc1CN(C)C(=O)CCNS(=O)(=O)c1ccc(OC(F)(F)F)cc1. The highest BCUT2D eigenvalue weighted by molar-refractivity contribution is 7.89. The molecule has 0 bridgehead atoms. The molecule has 0 unspecified atom stereocenters. The van der Waals surface area contributed by atoms with Crippen molar-refractivity contribution in [3.8, 4) is 5.75 Å². The summed E-state index contributed by atoms with van der Waals surface area (Å²) >= 11 is 1.54. The first-order valence-corrected chi connectivity index (χ1v) is 10.5. The van der Waals surface area contributed by atoms with Crippen LogP contribution in [0.1, 0.15) is 16.9 Å². The number of ether oxygens (including phenoxy) is 1. The number of carbonyl (C=O) groups is 1. The van der Waals surface area contributed by atoms with Crippen molar-refractivity contribution in [3.63, 3.8) is 0 Å². The van der Waals surface area contributed by atoms with Crippen molar-refractivity contribution in [2.24, 2.45) is 0 Å². The normalized spacial score (nSPS) is 12.0. The van der Waals surface area contributed by atoms with Crippen molar-refractivity contribution in [2.75, 3.05) is 13.6 Å². The maximum absolute atomic E-state index is 12.2. The Bertz CT molecular complexity index is 909. The summed E-state index contributed by atoms with van der Waals surface area (Å²) in [6.07, 6.45) is -4.90. The van der Waals surface area contributed by atoms with Gasteiger partial charge in [-0.3, -0.25) is 4.79 Å². The Morgan fingerprint density at radius 2 is 1.86 bits per heavy atom. The summed E-state index contributed by atoms with van der Waals surface area (Å²) in [6, 6.07) is 5.76. The fraction of sp³-hybridized carbons (Fsp3) is 0.353. The molecule has 6 nitrogen and oxygen atoms in total. The number of thiophene rings is 1. The molecule has 1 aromatic heterocycles. The second-order valence-corrected chi connectivity index (χ2v) is 8.71. The summed E-state index contributed by atoms with van der Waals surface area (Å²) in [7, 11) is -2.32. The summed E-state index contributed by atoms with van der Waals surface area (Å²) in [4.78, 5) is 14.5.